The third-order valence-electron chi connectivity index (χ3n) is 2.79. The lowest BCUT2D eigenvalue weighted by atomic mass is 10.2. The van der Waals surface area contributed by atoms with Crippen LogP contribution in [-0.2, 0) is 4.79 Å². The maximum atomic E-state index is 9.00. The van der Waals surface area contributed by atoms with E-state index < -0.39 is 5.97 Å². The van der Waals surface area contributed by atoms with Gasteiger partial charge in [0.25, 0.3) is 5.97 Å². The molecule has 0 aromatic carbocycles. The van der Waals surface area contributed by atoms with Crippen molar-refractivity contribution in [2.75, 3.05) is 12.4 Å². The van der Waals surface area contributed by atoms with Crippen LogP contribution in [0.2, 0.25) is 0 Å². The highest BCUT2D eigenvalue weighted by Gasteiger charge is 2.26. The molecular formula is C13H17N3O2. The molecule has 2 aromatic rings. The molecular weight excluding hydrogens is 230 g/mol. The van der Waals surface area contributed by atoms with E-state index >= 15 is 0 Å². The highest BCUT2D eigenvalue weighted by atomic mass is 16.4. The third kappa shape index (κ3) is 2.80. The summed E-state index contributed by atoms with van der Waals surface area (Å²) in [6.07, 6.45) is 6.72. The van der Waals surface area contributed by atoms with Crippen molar-refractivity contribution < 1.29 is 9.90 Å². The van der Waals surface area contributed by atoms with Crippen LogP contribution in [0.5, 0.6) is 0 Å². The summed E-state index contributed by atoms with van der Waals surface area (Å²) in [6, 6.07) is 4.29. The molecule has 2 N–H and O–H groups in total. The largest absolute Gasteiger partial charge is 0.481 e. The molecule has 1 aliphatic carbocycles. The van der Waals surface area contributed by atoms with Crippen LogP contribution in [0.15, 0.2) is 24.5 Å². The number of imidazole rings is 1. The minimum absolute atomic E-state index is 0.755. The lowest BCUT2D eigenvalue weighted by molar-refractivity contribution is -0.134. The number of fused-ring (bicyclic) bond motifs is 1. The summed E-state index contributed by atoms with van der Waals surface area (Å²) < 4.78 is 2.10. The van der Waals surface area contributed by atoms with Crippen molar-refractivity contribution in [1.82, 2.24) is 9.38 Å². The van der Waals surface area contributed by atoms with E-state index in [9.17, 15) is 0 Å². The van der Waals surface area contributed by atoms with Gasteiger partial charge in [0.1, 0.15) is 11.5 Å². The van der Waals surface area contributed by atoms with E-state index in [1.807, 2.05) is 13.2 Å². The molecule has 1 fully saturated rings. The Balaban J connectivity index is 0.000000267. The van der Waals surface area contributed by atoms with Crippen LogP contribution in [0.1, 0.15) is 31.2 Å². The molecule has 0 aliphatic heterocycles. The van der Waals surface area contributed by atoms with Crippen LogP contribution in [0, 0.1) is 0 Å². The SMILES string of the molecule is CC(=O)O.CNc1cn2cccc(C3CC3)c2n1. The molecule has 0 radical (unpaired) electrons. The number of nitrogens with one attached hydrogen (secondary N) is 1. The minimum atomic E-state index is -0.833. The molecule has 1 saturated carbocycles. The van der Waals surface area contributed by atoms with Crippen LogP contribution in [-0.4, -0.2) is 27.5 Å². The Labute approximate surface area is 105 Å². The van der Waals surface area contributed by atoms with Crippen LogP contribution >= 0.6 is 0 Å². The highest BCUT2D eigenvalue weighted by Crippen LogP contribution is 2.41. The van der Waals surface area contributed by atoms with Gasteiger partial charge in [-0.05, 0) is 30.4 Å². The summed E-state index contributed by atoms with van der Waals surface area (Å²) in [5.74, 6) is 0.865. The number of nitrogens with zero attached hydrogens (tertiary/aromatic N) is 2. The van der Waals surface area contributed by atoms with Gasteiger partial charge in [-0.3, -0.25) is 4.79 Å². The second-order valence-corrected chi connectivity index (χ2v) is 4.36. The molecule has 3 rings (SSSR count). The normalized spacial score (nSPS) is 13.9. The lowest BCUT2D eigenvalue weighted by Crippen LogP contribution is -1.88. The monoisotopic (exact) mass is 247 g/mol. The van der Waals surface area contributed by atoms with Crippen molar-refractivity contribution in [2.45, 2.75) is 25.7 Å². The standard InChI is InChI=1S/C11H13N3.C2H4O2/c1-12-10-7-14-6-2-3-9(8-4-5-8)11(14)13-10;1-2(3)4/h2-3,6-8,12H,4-5H2,1H3;1H3,(H,3,4). The Hall–Kier alpha value is -2.04. The molecule has 2 heterocycles. The lowest BCUT2D eigenvalue weighted by Gasteiger charge is -1.99. The van der Waals surface area contributed by atoms with Gasteiger partial charge in [-0.2, -0.15) is 0 Å². The first-order valence-electron chi connectivity index (χ1n) is 5.96. The molecule has 0 amide bonds. The summed E-state index contributed by atoms with van der Waals surface area (Å²) >= 11 is 0. The van der Waals surface area contributed by atoms with Crippen molar-refractivity contribution in [3.8, 4) is 0 Å². The summed E-state index contributed by atoms with van der Waals surface area (Å²) in [6.45, 7) is 1.08. The number of pyridine rings is 1. The topological polar surface area (TPSA) is 66.6 Å². The fourth-order valence-electron chi connectivity index (χ4n) is 1.87. The number of carboxylic acids is 1. The van der Waals surface area contributed by atoms with Gasteiger partial charge in [0.05, 0.1) is 6.20 Å². The van der Waals surface area contributed by atoms with E-state index in [0.29, 0.717) is 0 Å². The predicted octanol–water partition coefficient (Wildman–Crippen LogP) is 2.34. The zero-order valence-corrected chi connectivity index (χ0v) is 10.6. The Kier molecular flexibility index (Phi) is 3.50. The first kappa shape index (κ1) is 12.4. The van der Waals surface area contributed by atoms with E-state index in [4.69, 9.17) is 9.90 Å². The summed E-state index contributed by atoms with van der Waals surface area (Å²) in [5.41, 5.74) is 2.51. The zero-order valence-electron chi connectivity index (χ0n) is 10.6. The van der Waals surface area contributed by atoms with Gasteiger partial charge in [0, 0.05) is 20.2 Å². The van der Waals surface area contributed by atoms with E-state index in [1.54, 1.807) is 0 Å². The molecule has 0 saturated heterocycles. The van der Waals surface area contributed by atoms with E-state index in [1.165, 1.54) is 18.4 Å². The van der Waals surface area contributed by atoms with Crippen LogP contribution in [0.4, 0.5) is 5.82 Å². The van der Waals surface area contributed by atoms with Crippen molar-refractivity contribution in [2.24, 2.45) is 0 Å². The fraction of sp³-hybridized carbons (Fsp3) is 0.385. The first-order valence-corrected chi connectivity index (χ1v) is 5.96. The number of aromatic nitrogens is 2. The second kappa shape index (κ2) is 5.08. The average Bonchev–Trinajstić information content (AvgIpc) is 3.06. The number of carbonyl (C=O) groups is 1. The second-order valence-electron chi connectivity index (χ2n) is 4.36. The number of hydrogen-bond acceptors (Lipinski definition) is 3. The van der Waals surface area contributed by atoms with Gasteiger partial charge >= 0.3 is 0 Å². The smallest absolute Gasteiger partial charge is 0.300 e. The van der Waals surface area contributed by atoms with Crippen molar-refractivity contribution in [1.29, 1.82) is 0 Å². The summed E-state index contributed by atoms with van der Waals surface area (Å²) in [4.78, 5) is 13.5. The molecule has 5 nitrogen and oxygen atoms in total. The van der Waals surface area contributed by atoms with E-state index in [2.05, 4.69) is 33.0 Å². The van der Waals surface area contributed by atoms with Gasteiger partial charge in [-0.25, -0.2) is 4.98 Å². The molecule has 96 valence electrons. The van der Waals surface area contributed by atoms with Crippen molar-refractivity contribution >= 4 is 17.4 Å². The zero-order chi connectivity index (χ0) is 13.1. The Bertz CT molecular complexity index is 554. The van der Waals surface area contributed by atoms with Gasteiger partial charge in [0.15, 0.2) is 0 Å². The Morgan fingerprint density at radius 2 is 2.22 bits per heavy atom. The number of rotatable bonds is 2. The molecule has 2 aromatic heterocycles. The van der Waals surface area contributed by atoms with Gasteiger partial charge < -0.3 is 14.8 Å². The maximum absolute atomic E-state index is 9.00. The van der Waals surface area contributed by atoms with Crippen molar-refractivity contribution in [3.63, 3.8) is 0 Å². The minimum Gasteiger partial charge on any atom is -0.481 e. The number of hydrogen-bond donors (Lipinski definition) is 2. The van der Waals surface area contributed by atoms with Gasteiger partial charge in [-0.1, -0.05) is 6.07 Å². The van der Waals surface area contributed by atoms with E-state index in [-0.39, 0.29) is 0 Å². The summed E-state index contributed by atoms with van der Waals surface area (Å²) in [7, 11) is 1.90. The Morgan fingerprint density at radius 1 is 1.56 bits per heavy atom. The third-order valence-corrected chi connectivity index (χ3v) is 2.79. The number of anilines is 1. The van der Waals surface area contributed by atoms with Crippen LogP contribution in [0.25, 0.3) is 5.65 Å². The molecule has 0 spiro atoms. The molecule has 5 heteroatoms. The molecule has 18 heavy (non-hydrogen) atoms. The maximum Gasteiger partial charge on any atom is 0.300 e. The van der Waals surface area contributed by atoms with Crippen LogP contribution < -0.4 is 5.32 Å². The molecule has 0 atom stereocenters. The molecule has 1 aliphatic rings. The summed E-state index contributed by atoms with van der Waals surface area (Å²) in [5, 5.41) is 10.5. The predicted molar refractivity (Wildman–Crippen MR) is 70.0 cm³/mol. The number of carboxylic acid groups (broad SMARTS) is 1. The van der Waals surface area contributed by atoms with Gasteiger partial charge in [0.2, 0.25) is 0 Å². The van der Waals surface area contributed by atoms with Crippen molar-refractivity contribution in [3.05, 3.63) is 30.1 Å². The molecule has 0 unspecified atom stereocenters. The Morgan fingerprint density at radius 3 is 2.78 bits per heavy atom. The van der Waals surface area contributed by atoms with Crippen LogP contribution in [0.3, 0.4) is 0 Å². The average molecular weight is 247 g/mol. The van der Waals surface area contributed by atoms with E-state index in [0.717, 1.165) is 24.3 Å². The first-order chi connectivity index (χ1) is 8.61. The van der Waals surface area contributed by atoms with Gasteiger partial charge in [-0.15, -0.1) is 0 Å². The molecule has 0 bridgehead atoms. The quantitative estimate of drug-likeness (QED) is 0.854. The fourth-order valence-corrected chi connectivity index (χ4v) is 1.87. The number of aliphatic carboxylic acids is 1. The highest BCUT2D eigenvalue weighted by molar-refractivity contribution is 5.63.